The van der Waals surface area contributed by atoms with Crippen LogP contribution in [0.3, 0.4) is 0 Å². The maximum absolute atomic E-state index is 13.0. The number of quaternary nitrogens is 1. The molecule has 0 saturated heterocycles. The van der Waals surface area contributed by atoms with E-state index < -0.39 is 20.0 Å². The number of phosphoric acid groups is 1. The van der Waals surface area contributed by atoms with Crippen molar-refractivity contribution in [1.82, 2.24) is 5.32 Å². The number of aliphatic hydroxyl groups is 1. The van der Waals surface area contributed by atoms with Gasteiger partial charge in [-0.05, 0) is 12.8 Å². The summed E-state index contributed by atoms with van der Waals surface area (Å²) in [5.74, 6) is -0.154. The molecule has 0 aromatic rings. The van der Waals surface area contributed by atoms with Gasteiger partial charge in [-0.1, -0.05) is 348 Å². The minimum atomic E-state index is -4.57. The average molecular weight is 1080 g/mol. The number of carbonyl (C=O) groups excluding carboxylic acids is 1. The molecule has 0 aliphatic rings. The van der Waals surface area contributed by atoms with E-state index in [9.17, 15) is 19.4 Å². The predicted octanol–water partition coefficient (Wildman–Crippen LogP) is 20.5. The summed E-state index contributed by atoms with van der Waals surface area (Å²) in [5.41, 5.74) is 0. The van der Waals surface area contributed by atoms with Crippen LogP contribution in [0.15, 0.2) is 0 Å². The van der Waals surface area contributed by atoms with Gasteiger partial charge in [0.1, 0.15) is 13.2 Å². The monoisotopic (exact) mass is 1080 g/mol. The molecule has 75 heavy (non-hydrogen) atoms. The minimum Gasteiger partial charge on any atom is -0.756 e. The molecule has 3 unspecified atom stereocenters. The predicted molar refractivity (Wildman–Crippen MR) is 326 cm³/mol. The molecule has 0 saturated carbocycles. The van der Waals surface area contributed by atoms with Crippen molar-refractivity contribution in [1.29, 1.82) is 0 Å². The van der Waals surface area contributed by atoms with Crippen molar-refractivity contribution in [2.24, 2.45) is 0 Å². The number of hydrogen-bond acceptors (Lipinski definition) is 6. The van der Waals surface area contributed by atoms with Crippen molar-refractivity contribution in [3.63, 3.8) is 0 Å². The first-order valence-corrected chi connectivity index (χ1v) is 35.3. The van der Waals surface area contributed by atoms with Gasteiger partial charge >= 0.3 is 0 Å². The van der Waals surface area contributed by atoms with Crippen LogP contribution in [0.4, 0.5) is 0 Å². The molecule has 0 radical (unpaired) electrons. The fraction of sp³-hybridized carbons (Fsp3) is 0.985. The summed E-state index contributed by atoms with van der Waals surface area (Å²) >= 11 is 0. The van der Waals surface area contributed by atoms with E-state index in [0.717, 1.165) is 38.5 Å². The van der Waals surface area contributed by atoms with Crippen LogP contribution in [-0.2, 0) is 18.4 Å². The van der Waals surface area contributed by atoms with Gasteiger partial charge in [0.25, 0.3) is 7.82 Å². The van der Waals surface area contributed by atoms with Gasteiger partial charge in [0.05, 0.1) is 39.9 Å². The van der Waals surface area contributed by atoms with E-state index in [0.29, 0.717) is 23.9 Å². The van der Waals surface area contributed by atoms with E-state index in [-0.39, 0.29) is 19.1 Å². The molecule has 450 valence electrons. The largest absolute Gasteiger partial charge is 0.756 e. The minimum absolute atomic E-state index is 0.0169. The van der Waals surface area contributed by atoms with Crippen LogP contribution in [0, 0.1) is 0 Å². The molecule has 0 aromatic heterocycles. The van der Waals surface area contributed by atoms with Crippen LogP contribution in [0.1, 0.15) is 367 Å². The fourth-order valence-electron chi connectivity index (χ4n) is 10.8. The van der Waals surface area contributed by atoms with Crippen molar-refractivity contribution in [2.45, 2.75) is 379 Å². The molecule has 0 aromatic carbocycles. The van der Waals surface area contributed by atoms with Crippen molar-refractivity contribution in [3.05, 3.63) is 0 Å². The highest BCUT2D eigenvalue weighted by molar-refractivity contribution is 7.45. The Labute approximate surface area is 470 Å². The average Bonchev–Trinajstić information content (AvgIpc) is 3.37. The van der Waals surface area contributed by atoms with E-state index in [1.165, 1.54) is 302 Å². The second-order valence-electron chi connectivity index (χ2n) is 24.9. The van der Waals surface area contributed by atoms with Crippen molar-refractivity contribution in [2.75, 3.05) is 40.9 Å². The summed E-state index contributed by atoms with van der Waals surface area (Å²) in [6, 6.07) is -0.796. The maximum Gasteiger partial charge on any atom is 0.268 e. The van der Waals surface area contributed by atoms with Gasteiger partial charge < -0.3 is 28.8 Å². The molecule has 8 nitrogen and oxygen atoms in total. The van der Waals surface area contributed by atoms with E-state index in [1.54, 1.807) is 0 Å². The van der Waals surface area contributed by atoms with Gasteiger partial charge in [-0.15, -0.1) is 0 Å². The number of nitrogens with zero attached hydrogens (tertiary/aromatic N) is 1. The lowest BCUT2D eigenvalue weighted by atomic mass is 10.0. The molecule has 0 heterocycles. The molecule has 0 rings (SSSR count). The van der Waals surface area contributed by atoms with Crippen LogP contribution < -0.4 is 10.2 Å². The first-order valence-electron chi connectivity index (χ1n) is 33.9. The topological polar surface area (TPSA) is 108 Å². The third-order valence-corrected chi connectivity index (χ3v) is 17.1. The Balaban J connectivity index is 3.95. The summed E-state index contributed by atoms with van der Waals surface area (Å²) in [6.07, 6.45) is 71.8. The quantitative estimate of drug-likeness (QED) is 0.0357. The van der Waals surface area contributed by atoms with Crippen LogP contribution in [-0.4, -0.2) is 68.5 Å². The Morgan fingerprint density at radius 2 is 0.653 bits per heavy atom. The number of phosphoric ester groups is 1. The number of rotatable bonds is 64. The Hall–Kier alpha value is -0.500. The molecule has 0 spiro atoms. The number of aliphatic hydroxyl groups excluding tert-OH is 1. The van der Waals surface area contributed by atoms with Crippen LogP contribution in [0.5, 0.6) is 0 Å². The first-order chi connectivity index (χ1) is 36.5. The number of likely N-dealkylation sites (N-methyl/N-ethyl adjacent to an activating group) is 1. The number of nitrogens with one attached hydrogen (secondary N) is 1. The standard InChI is InChI=1S/C66H135N2O6P/c1-6-8-10-12-14-16-18-20-22-24-26-28-29-30-31-32-33-34-35-36-37-38-39-40-42-44-46-48-50-52-54-56-58-60-66(70)67-64(63-74-75(71,72)73-62-61-68(3,4)5)65(69)59-57-55-53-51-49-47-45-43-41-27-25-23-21-19-17-15-13-11-9-7-2/h64-65,69H,6-63H2,1-5H3,(H-,67,70,71,72). The number of unbranched alkanes of at least 4 members (excludes halogenated alkanes) is 51. The summed E-state index contributed by atoms with van der Waals surface area (Å²) in [6.45, 7) is 4.79. The zero-order valence-electron chi connectivity index (χ0n) is 51.5. The normalized spacial score (nSPS) is 13.6. The highest BCUT2D eigenvalue weighted by atomic mass is 31.2. The zero-order valence-corrected chi connectivity index (χ0v) is 52.4. The Morgan fingerprint density at radius 3 is 0.907 bits per heavy atom. The number of carbonyl (C=O) groups is 1. The van der Waals surface area contributed by atoms with Crippen LogP contribution in [0.2, 0.25) is 0 Å². The smallest absolute Gasteiger partial charge is 0.268 e. The first kappa shape index (κ1) is 74.5. The summed E-state index contributed by atoms with van der Waals surface area (Å²) in [4.78, 5) is 25.6. The zero-order chi connectivity index (χ0) is 54.9. The van der Waals surface area contributed by atoms with Crippen LogP contribution in [0.25, 0.3) is 0 Å². The molecule has 2 N–H and O–H groups in total. The van der Waals surface area contributed by atoms with Crippen molar-refractivity contribution < 1.29 is 32.9 Å². The molecule has 0 fully saturated rings. The molecule has 3 atom stereocenters. The molecular formula is C66H135N2O6P. The molecule has 0 aliphatic heterocycles. The fourth-order valence-corrected chi connectivity index (χ4v) is 11.5. The lowest BCUT2D eigenvalue weighted by Gasteiger charge is -2.30. The molecule has 1 amide bonds. The van der Waals surface area contributed by atoms with Gasteiger partial charge in [0.15, 0.2) is 0 Å². The SMILES string of the molecule is CCCCCCCCCCCCCCCCCCCCCCCCCCCCCCCCCCCC(=O)NC(COP(=O)([O-])OCC[N+](C)(C)C)C(O)CCCCCCCCCCCCCCCCCCCCCC. The third kappa shape index (κ3) is 61.0. The van der Waals surface area contributed by atoms with Gasteiger partial charge in [-0.2, -0.15) is 0 Å². The van der Waals surface area contributed by atoms with E-state index in [1.807, 2.05) is 21.1 Å². The Kier molecular flexibility index (Phi) is 57.8. The second-order valence-corrected chi connectivity index (χ2v) is 26.3. The van der Waals surface area contributed by atoms with E-state index in [2.05, 4.69) is 19.2 Å². The summed E-state index contributed by atoms with van der Waals surface area (Å²) < 4.78 is 23.5. The molecular weight excluding hydrogens is 948 g/mol. The second kappa shape index (κ2) is 58.2. The lowest BCUT2D eigenvalue weighted by Crippen LogP contribution is -2.46. The number of amides is 1. The lowest BCUT2D eigenvalue weighted by molar-refractivity contribution is -0.870. The number of hydrogen-bond donors (Lipinski definition) is 2. The van der Waals surface area contributed by atoms with Crippen molar-refractivity contribution >= 4 is 13.7 Å². The maximum atomic E-state index is 13.0. The van der Waals surface area contributed by atoms with Crippen LogP contribution >= 0.6 is 7.82 Å². The Bertz CT molecular complexity index is 1180. The Morgan fingerprint density at radius 1 is 0.413 bits per heavy atom. The van der Waals surface area contributed by atoms with Gasteiger partial charge in [-0.25, -0.2) is 0 Å². The highest BCUT2D eigenvalue weighted by Gasteiger charge is 2.24. The summed E-state index contributed by atoms with van der Waals surface area (Å²) in [5, 5.41) is 14.1. The van der Waals surface area contributed by atoms with Crippen molar-refractivity contribution in [3.8, 4) is 0 Å². The van der Waals surface area contributed by atoms with E-state index in [4.69, 9.17) is 9.05 Å². The van der Waals surface area contributed by atoms with Gasteiger partial charge in [0.2, 0.25) is 5.91 Å². The summed E-state index contributed by atoms with van der Waals surface area (Å²) in [7, 11) is 1.33. The highest BCUT2D eigenvalue weighted by Crippen LogP contribution is 2.38. The molecule has 0 aliphatic carbocycles. The van der Waals surface area contributed by atoms with Gasteiger partial charge in [-0.3, -0.25) is 9.36 Å². The molecule has 0 bridgehead atoms. The third-order valence-electron chi connectivity index (χ3n) is 16.1. The van der Waals surface area contributed by atoms with E-state index >= 15 is 0 Å². The molecule has 9 heteroatoms. The van der Waals surface area contributed by atoms with Gasteiger partial charge in [0, 0.05) is 6.42 Å².